The van der Waals surface area contributed by atoms with Crippen molar-refractivity contribution < 1.29 is 48.0 Å². The van der Waals surface area contributed by atoms with Crippen molar-refractivity contribution in [3.63, 3.8) is 0 Å². The number of rotatable bonds is 7. The average Bonchev–Trinajstić information content (AvgIpc) is 2.86. The Hall–Kier alpha value is -3.42. The Balaban J connectivity index is 1.90. The number of aliphatic hydroxyl groups is 3. The first-order chi connectivity index (χ1) is 20.2. The standard InChI is InChI=1S/C31H40F3N3O7/c1-7-37(9-8-29(2,3)4)13-15-12-18(38)20-16(22(15)31(32,33)34)10-14-11-17-23(36(5)6)25(40)21(28(35)43)27(42)30(17,44)26(41)19(14)24(20)39/h12,14,17,23,38,40-41,44H,7-11,13H2,1-6H3,(H2,35,43)/t14-,17-,23-,30-/m0/s1. The summed E-state index contributed by atoms with van der Waals surface area (Å²) < 4.78 is 44.4. The number of ketones is 2. The lowest BCUT2D eigenvalue weighted by molar-refractivity contribution is -0.148. The molecule has 0 saturated heterocycles. The number of hydrogen-bond acceptors (Lipinski definition) is 9. The summed E-state index contributed by atoms with van der Waals surface area (Å²) in [5.41, 5.74) is -1.44. The Morgan fingerprint density at radius 3 is 2.25 bits per heavy atom. The number of benzene rings is 1. The molecule has 0 spiro atoms. The molecule has 4 rings (SSSR count). The molecule has 0 bridgehead atoms. The van der Waals surface area contributed by atoms with Gasteiger partial charge in [0.1, 0.15) is 22.8 Å². The van der Waals surface area contributed by atoms with Crippen molar-refractivity contribution >= 4 is 17.5 Å². The van der Waals surface area contributed by atoms with E-state index in [-0.39, 0.29) is 23.9 Å². The molecule has 10 nitrogen and oxygen atoms in total. The van der Waals surface area contributed by atoms with Crippen LogP contribution in [0.2, 0.25) is 0 Å². The number of aromatic hydroxyl groups is 1. The molecular formula is C31H40F3N3O7. The molecule has 0 aromatic heterocycles. The molecule has 0 radical (unpaired) electrons. The highest BCUT2D eigenvalue weighted by Crippen LogP contribution is 2.54. The highest BCUT2D eigenvalue weighted by molar-refractivity contribution is 6.24. The number of alkyl halides is 3. The normalized spacial score (nSPS) is 25.9. The van der Waals surface area contributed by atoms with E-state index in [4.69, 9.17) is 5.73 Å². The van der Waals surface area contributed by atoms with Crippen molar-refractivity contribution in [2.24, 2.45) is 23.0 Å². The number of carbonyl (C=O) groups excluding carboxylic acids is 3. The maximum absolute atomic E-state index is 14.8. The van der Waals surface area contributed by atoms with Gasteiger partial charge in [-0.2, -0.15) is 13.2 Å². The van der Waals surface area contributed by atoms with Gasteiger partial charge in [0, 0.05) is 18.0 Å². The monoisotopic (exact) mass is 623 g/mol. The van der Waals surface area contributed by atoms with Gasteiger partial charge in [-0.25, -0.2) is 0 Å². The van der Waals surface area contributed by atoms with E-state index in [1.54, 1.807) is 0 Å². The van der Waals surface area contributed by atoms with Crippen LogP contribution in [-0.4, -0.2) is 86.5 Å². The Labute approximate surface area is 253 Å². The fourth-order valence-corrected chi connectivity index (χ4v) is 6.95. The molecule has 0 aliphatic heterocycles. The number of nitrogens with zero attached hydrogens (tertiary/aromatic N) is 2. The quantitative estimate of drug-likeness (QED) is 0.286. The third-order valence-corrected chi connectivity index (χ3v) is 9.11. The minimum atomic E-state index is -4.90. The SMILES string of the molecule is CCN(CCC(C)(C)C)Cc1cc(O)c2c(c1C(F)(F)F)C[C@H]1C[C@H]3[C@H](N(C)C)C(O)=C(C(N)=O)C(=O)[C@@]3(O)C(O)=C1C2=O. The molecule has 0 fully saturated rings. The summed E-state index contributed by atoms with van der Waals surface area (Å²) in [6.45, 7) is 8.70. The first-order valence-electron chi connectivity index (χ1n) is 14.5. The number of nitrogens with two attached hydrogens (primary N) is 1. The largest absolute Gasteiger partial charge is 0.510 e. The third kappa shape index (κ3) is 5.39. The van der Waals surface area contributed by atoms with Gasteiger partial charge in [0.25, 0.3) is 5.91 Å². The fourth-order valence-electron chi connectivity index (χ4n) is 6.95. The van der Waals surface area contributed by atoms with Crippen LogP contribution in [0, 0.1) is 17.3 Å². The number of hydrogen-bond donors (Lipinski definition) is 5. The maximum Gasteiger partial charge on any atom is 0.417 e. The van der Waals surface area contributed by atoms with Gasteiger partial charge in [-0.3, -0.25) is 24.2 Å². The molecule has 13 heteroatoms. The Kier molecular flexibility index (Phi) is 8.51. The van der Waals surface area contributed by atoms with Crippen LogP contribution in [0.25, 0.3) is 0 Å². The number of Topliss-reactive ketones (excluding diaryl/α,β-unsaturated/α-hetero) is 2. The van der Waals surface area contributed by atoms with Gasteiger partial charge in [-0.05, 0) is 75.0 Å². The number of likely N-dealkylation sites (N-methyl/N-ethyl adjacent to an activating group) is 1. The van der Waals surface area contributed by atoms with Crippen molar-refractivity contribution in [3.8, 4) is 5.75 Å². The van der Waals surface area contributed by atoms with E-state index in [1.165, 1.54) is 19.0 Å². The smallest absolute Gasteiger partial charge is 0.417 e. The van der Waals surface area contributed by atoms with Gasteiger partial charge in [0.05, 0.1) is 17.2 Å². The summed E-state index contributed by atoms with van der Waals surface area (Å²) in [4.78, 5) is 42.5. The second-order valence-corrected chi connectivity index (χ2v) is 13.4. The number of phenols is 1. The van der Waals surface area contributed by atoms with E-state index < -0.39 is 98.7 Å². The summed E-state index contributed by atoms with van der Waals surface area (Å²) >= 11 is 0. The van der Waals surface area contributed by atoms with Crippen LogP contribution < -0.4 is 5.73 Å². The molecule has 1 aromatic rings. The summed E-state index contributed by atoms with van der Waals surface area (Å²) in [5, 5.41) is 44.9. The molecular weight excluding hydrogens is 583 g/mol. The van der Waals surface area contributed by atoms with E-state index >= 15 is 0 Å². The third-order valence-electron chi connectivity index (χ3n) is 9.11. The number of phenolic OH excluding ortho intramolecular Hbond substituents is 1. The molecule has 242 valence electrons. The lowest BCUT2D eigenvalue weighted by Crippen LogP contribution is -2.63. The van der Waals surface area contributed by atoms with Crippen LogP contribution in [0.1, 0.15) is 67.6 Å². The van der Waals surface area contributed by atoms with Crippen molar-refractivity contribution in [2.75, 3.05) is 27.2 Å². The molecule has 4 atom stereocenters. The van der Waals surface area contributed by atoms with Gasteiger partial charge in [-0.1, -0.05) is 27.7 Å². The minimum absolute atomic E-state index is 0.0644. The summed E-state index contributed by atoms with van der Waals surface area (Å²) in [6, 6.07) is -0.333. The lowest BCUT2D eigenvalue weighted by atomic mass is 9.58. The van der Waals surface area contributed by atoms with E-state index in [2.05, 4.69) is 0 Å². The molecule has 0 heterocycles. The van der Waals surface area contributed by atoms with Gasteiger partial charge >= 0.3 is 6.18 Å². The molecule has 1 aromatic carbocycles. The number of halogens is 3. The molecule has 0 saturated carbocycles. The van der Waals surface area contributed by atoms with Crippen LogP contribution in [0.5, 0.6) is 5.75 Å². The first kappa shape index (κ1) is 33.5. The van der Waals surface area contributed by atoms with Crippen molar-refractivity contribution in [2.45, 2.75) is 71.3 Å². The predicted octanol–water partition coefficient (Wildman–Crippen LogP) is 3.40. The number of amides is 1. The van der Waals surface area contributed by atoms with Crippen LogP contribution in [0.15, 0.2) is 28.7 Å². The Morgan fingerprint density at radius 2 is 1.75 bits per heavy atom. The predicted molar refractivity (Wildman–Crippen MR) is 154 cm³/mol. The average molecular weight is 624 g/mol. The summed E-state index contributed by atoms with van der Waals surface area (Å²) in [5.74, 6) is -9.00. The topological polar surface area (TPSA) is 165 Å². The molecule has 3 aliphatic carbocycles. The highest BCUT2D eigenvalue weighted by atomic mass is 19.4. The number of aliphatic hydroxyl groups excluding tert-OH is 2. The van der Waals surface area contributed by atoms with Crippen LogP contribution in [-0.2, 0) is 28.7 Å². The first-order valence-corrected chi connectivity index (χ1v) is 14.5. The van der Waals surface area contributed by atoms with Gasteiger partial charge in [-0.15, -0.1) is 0 Å². The number of fused-ring (bicyclic) bond motifs is 3. The molecule has 6 N–H and O–H groups in total. The summed E-state index contributed by atoms with van der Waals surface area (Å²) in [7, 11) is 2.94. The summed E-state index contributed by atoms with van der Waals surface area (Å²) in [6.07, 6.45) is -4.94. The van der Waals surface area contributed by atoms with Crippen LogP contribution in [0.4, 0.5) is 13.2 Å². The molecule has 44 heavy (non-hydrogen) atoms. The number of primary amides is 1. The van der Waals surface area contributed by atoms with Gasteiger partial charge in [0.15, 0.2) is 11.4 Å². The van der Waals surface area contributed by atoms with E-state index in [0.717, 1.165) is 6.07 Å². The van der Waals surface area contributed by atoms with Gasteiger partial charge in [0.2, 0.25) is 5.78 Å². The number of carbonyl (C=O) groups is 3. The van der Waals surface area contributed by atoms with Crippen LogP contribution >= 0.6 is 0 Å². The molecule has 1 amide bonds. The number of allylic oxidation sites excluding steroid dienone is 1. The lowest BCUT2D eigenvalue weighted by Gasteiger charge is -2.50. The zero-order chi connectivity index (χ0) is 33.3. The van der Waals surface area contributed by atoms with E-state index in [9.17, 15) is 48.0 Å². The van der Waals surface area contributed by atoms with Gasteiger partial charge < -0.3 is 26.2 Å². The molecule has 0 unspecified atom stereocenters. The second-order valence-electron chi connectivity index (χ2n) is 13.4. The minimum Gasteiger partial charge on any atom is -0.510 e. The Bertz CT molecular complexity index is 1470. The molecule has 3 aliphatic rings. The van der Waals surface area contributed by atoms with Crippen molar-refractivity contribution in [3.05, 3.63) is 51.0 Å². The van der Waals surface area contributed by atoms with E-state index in [0.29, 0.717) is 19.5 Å². The zero-order valence-corrected chi connectivity index (χ0v) is 25.7. The van der Waals surface area contributed by atoms with Crippen LogP contribution in [0.3, 0.4) is 0 Å². The van der Waals surface area contributed by atoms with E-state index in [1.807, 2.05) is 32.6 Å². The fraction of sp³-hybridized carbons (Fsp3) is 0.581. The highest BCUT2D eigenvalue weighted by Gasteiger charge is 2.63. The second kappa shape index (κ2) is 11.2. The van der Waals surface area contributed by atoms with Crippen molar-refractivity contribution in [1.29, 1.82) is 0 Å². The maximum atomic E-state index is 14.8. The van der Waals surface area contributed by atoms with Crippen molar-refractivity contribution in [1.82, 2.24) is 9.80 Å². The Morgan fingerprint density at radius 1 is 1.14 bits per heavy atom. The zero-order valence-electron chi connectivity index (χ0n) is 25.7.